The van der Waals surface area contributed by atoms with Crippen molar-refractivity contribution in [2.24, 2.45) is 5.73 Å². The zero-order chi connectivity index (χ0) is 19.4. The minimum Gasteiger partial charge on any atom is -0.339 e. The number of carbonyl (C=O) groups excluding carboxylic acids is 2. The topological polar surface area (TPSA) is 75.4 Å². The molecule has 1 aromatic rings. The number of hydrogen-bond donors (Lipinski definition) is 2. The Hall–Kier alpha value is -1.59. The number of amides is 2. The van der Waals surface area contributed by atoms with Gasteiger partial charge in [0.1, 0.15) is 0 Å². The Kier molecular flexibility index (Phi) is 6.43. The van der Waals surface area contributed by atoms with E-state index in [4.69, 9.17) is 17.3 Å². The molecule has 2 amide bonds. The molecule has 6 heteroatoms. The lowest BCUT2D eigenvalue weighted by Gasteiger charge is -2.32. The summed E-state index contributed by atoms with van der Waals surface area (Å²) in [5, 5.41) is 3.24. The first-order valence-electron chi connectivity index (χ1n) is 10.1. The highest BCUT2D eigenvalue weighted by atomic mass is 35.5. The highest BCUT2D eigenvalue weighted by Gasteiger charge is 2.35. The first-order valence-corrected chi connectivity index (χ1v) is 10.5. The Morgan fingerprint density at radius 2 is 1.74 bits per heavy atom. The lowest BCUT2D eigenvalue weighted by Crippen LogP contribution is -2.52. The van der Waals surface area contributed by atoms with E-state index < -0.39 is 5.54 Å². The van der Waals surface area contributed by atoms with Crippen molar-refractivity contribution in [2.75, 3.05) is 12.4 Å². The molecule has 0 aliphatic heterocycles. The number of rotatable bonds is 4. The first-order chi connectivity index (χ1) is 12.9. The maximum Gasteiger partial charge on any atom is 0.255 e. The van der Waals surface area contributed by atoms with Crippen molar-refractivity contribution in [3.05, 3.63) is 28.8 Å². The number of anilines is 1. The van der Waals surface area contributed by atoms with Crippen molar-refractivity contribution in [1.29, 1.82) is 0 Å². The molecule has 2 saturated carbocycles. The SMILES string of the molecule is CN(C(=O)c1ccc(NC(=O)C2(N)CCCCC2)cc1Cl)C1CCCCC1. The summed E-state index contributed by atoms with van der Waals surface area (Å²) in [5.74, 6) is -0.232. The lowest BCUT2D eigenvalue weighted by molar-refractivity contribution is -0.122. The predicted octanol–water partition coefficient (Wildman–Crippen LogP) is 4.34. The van der Waals surface area contributed by atoms with Gasteiger partial charge in [0, 0.05) is 18.8 Å². The van der Waals surface area contributed by atoms with Crippen LogP contribution >= 0.6 is 11.6 Å². The quantitative estimate of drug-likeness (QED) is 0.801. The van der Waals surface area contributed by atoms with Crippen LogP contribution in [-0.4, -0.2) is 35.3 Å². The molecule has 0 spiro atoms. The zero-order valence-corrected chi connectivity index (χ0v) is 16.9. The molecule has 0 radical (unpaired) electrons. The molecule has 0 aromatic heterocycles. The molecular formula is C21H30ClN3O2. The van der Waals surface area contributed by atoms with Gasteiger partial charge in [0.2, 0.25) is 5.91 Å². The number of halogens is 1. The number of carbonyl (C=O) groups is 2. The van der Waals surface area contributed by atoms with Crippen molar-refractivity contribution < 1.29 is 9.59 Å². The van der Waals surface area contributed by atoms with Crippen LogP contribution in [0.25, 0.3) is 0 Å². The van der Waals surface area contributed by atoms with Crippen LogP contribution in [0.3, 0.4) is 0 Å². The van der Waals surface area contributed by atoms with Gasteiger partial charge < -0.3 is 16.0 Å². The van der Waals surface area contributed by atoms with Gasteiger partial charge in [-0.1, -0.05) is 50.1 Å². The van der Waals surface area contributed by atoms with Gasteiger partial charge in [0.15, 0.2) is 0 Å². The van der Waals surface area contributed by atoms with Gasteiger partial charge in [-0.25, -0.2) is 0 Å². The average molecular weight is 392 g/mol. The molecule has 3 rings (SSSR count). The van der Waals surface area contributed by atoms with Gasteiger partial charge in [-0.3, -0.25) is 9.59 Å². The fourth-order valence-electron chi connectivity index (χ4n) is 4.26. The van der Waals surface area contributed by atoms with Crippen LogP contribution in [0.15, 0.2) is 18.2 Å². The molecule has 0 heterocycles. The van der Waals surface area contributed by atoms with E-state index in [1.54, 1.807) is 18.2 Å². The standard InChI is InChI=1S/C21H30ClN3O2/c1-25(16-8-4-2-5-9-16)19(26)17-11-10-15(14-18(17)22)24-20(27)21(23)12-6-3-7-13-21/h10-11,14,16H,2-9,12-13,23H2,1H3,(H,24,27). The van der Waals surface area contributed by atoms with E-state index in [2.05, 4.69) is 5.32 Å². The summed E-state index contributed by atoms with van der Waals surface area (Å²) in [4.78, 5) is 27.2. The smallest absolute Gasteiger partial charge is 0.255 e. The minimum absolute atomic E-state index is 0.0626. The molecule has 5 nitrogen and oxygen atoms in total. The van der Waals surface area contributed by atoms with Crippen LogP contribution < -0.4 is 11.1 Å². The van der Waals surface area contributed by atoms with E-state index in [1.807, 2.05) is 11.9 Å². The monoisotopic (exact) mass is 391 g/mol. The number of nitrogens with zero attached hydrogens (tertiary/aromatic N) is 1. The second-order valence-corrected chi connectivity index (χ2v) is 8.48. The third kappa shape index (κ3) is 4.64. The Morgan fingerprint density at radius 3 is 2.37 bits per heavy atom. The molecule has 27 heavy (non-hydrogen) atoms. The summed E-state index contributed by atoms with van der Waals surface area (Å²) < 4.78 is 0. The molecule has 2 aliphatic rings. The highest BCUT2D eigenvalue weighted by molar-refractivity contribution is 6.34. The van der Waals surface area contributed by atoms with Crippen molar-refractivity contribution in [2.45, 2.75) is 75.8 Å². The average Bonchev–Trinajstić information content (AvgIpc) is 2.68. The lowest BCUT2D eigenvalue weighted by atomic mass is 9.82. The number of nitrogens with one attached hydrogen (secondary N) is 1. The Labute approximate surface area is 166 Å². The van der Waals surface area contributed by atoms with Gasteiger partial charge in [0.05, 0.1) is 16.1 Å². The Balaban J connectivity index is 1.67. The maximum atomic E-state index is 12.8. The van der Waals surface area contributed by atoms with E-state index >= 15 is 0 Å². The minimum atomic E-state index is -0.805. The van der Waals surface area contributed by atoms with Gasteiger partial charge in [-0.15, -0.1) is 0 Å². The largest absolute Gasteiger partial charge is 0.339 e. The number of hydrogen-bond acceptors (Lipinski definition) is 3. The van der Waals surface area contributed by atoms with Crippen LogP contribution in [0.5, 0.6) is 0 Å². The van der Waals surface area contributed by atoms with Crippen molar-refractivity contribution in [3.63, 3.8) is 0 Å². The summed E-state index contributed by atoms with van der Waals surface area (Å²) in [6, 6.07) is 5.36. The molecule has 0 bridgehead atoms. The van der Waals surface area contributed by atoms with Crippen molar-refractivity contribution >= 4 is 29.1 Å². The van der Waals surface area contributed by atoms with Crippen LogP contribution in [0, 0.1) is 0 Å². The van der Waals surface area contributed by atoms with Gasteiger partial charge >= 0.3 is 0 Å². The van der Waals surface area contributed by atoms with Crippen molar-refractivity contribution in [1.82, 2.24) is 4.90 Å². The van der Waals surface area contributed by atoms with Gasteiger partial charge in [-0.2, -0.15) is 0 Å². The fraction of sp³-hybridized carbons (Fsp3) is 0.619. The molecule has 2 fully saturated rings. The van der Waals surface area contributed by atoms with Crippen LogP contribution in [0.1, 0.15) is 74.6 Å². The molecule has 2 aliphatic carbocycles. The van der Waals surface area contributed by atoms with Crippen LogP contribution in [0.4, 0.5) is 5.69 Å². The molecule has 0 saturated heterocycles. The number of benzene rings is 1. The molecule has 0 atom stereocenters. The van der Waals surface area contributed by atoms with Gasteiger partial charge in [-0.05, 0) is 43.9 Å². The summed E-state index contributed by atoms with van der Waals surface area (Å²) in [6.07, 6.45) is 10.2. The van der Waals surface area contributed by atoms with Crippen LogP contribution in [-0.2, 0) is 4.79 Å². The summed E-state index contributed by atoms with van der Waals surface area (Å²) in [7, 11) is 1.85. The summed E-state index contributed by atoms with van der Waals surface area (Å²) in [6.45, 7) is 0. The normalized spacial score (nSPS) is 20.1. The van der Waals surface area contributed by atoms with E-state index in [0.717, 1.165) is 32.1 Å². The third-order valence-electron chi connectivity index (χ3n) is 6.10. The van der Waals surface area contributed by atoms with E-state index in [1.165, 1.54) is 19.3 Å². The van der Waals surface area contributed by atoms with Crippen LogP contribution in [0.2, 0.25) is 5.02 Å². The van der Waals surface area contributed by atoms with E-state index in [0.29, 0.717) is 29.1 Å². The second-order valence-electron chi connectivity index (χ2n) is 8.07. The Bertz CT molecular complexity index is 695. The molecule has 1 aromatic carbocycles. The zero-order valence-electron chi connectivity index (χ0n) is 16.1. The summed E-state index contributed by atoms with van der Waals surface area (Å²) >= 11 is 6.38. The molecule has 3 N–H and O–H groups in total. The third-order valence-corrected chi connectivity index (χ3v) is 6.41. The maximum absolute atomic E-state index is 12.8. The van der Waals surface area contributed by atoms with Crippen molar-refractivity contribution in [3.8, 4) is 0 Å². The molecule has 148 valence electrons. The summed E-state index contributed by atoms with van der Waals surface area (Å²) in [5.41, 5.74) is 6.53. The highest BCUT2D eigenvalue weighted by Crippen LogP contribution is 2.29. The predicted molar refractivity (Wildman–Crippen MR) is 109 cm³/mol. The Morgan fingerprint density at radius 1 is 1.11 bits per heavy atom. The van der Waals surface area contributed by atoms with Gasteiger partial charge in [0.25, 0.3) is 5.91 Å². The molecule has 0 unspecified atom stereocenters. The molecular weight excluding hydrogens is 362 g/mol. The van der Waals surface area contributed by atoms with E-state index in [-0.39, 0.29) is 17.9 Å². The number of nitrogens with two attached hydrogens (primary N) is 1. The second kappa shape index (κ2) is 8.61. The van der Waals surface area contributed by atoms with E-state index in [9.17, 15) is 9.59 Å². The first kappa shape index (κ1) is 20.2. The fourth-order valence-corrected chi connectivity index (χ4v) is 4.52.